The molecule has 2 rings (SSSR count). The van der Waals surface area contributed by atoms with Gasteiger partial charge in [0.15, 0.2) is 0 Å². The second-order valence-electron chi connectivity index (χ2n) is 5.90. The van der Waals surface area contributed by atoms with Crippen LogP contribution in [-0.4, -0.2) is 25.2 Å². The predicted molar refractivity (Wildman–Crippen MR) is 105 cm³/mol. The maximum Gasteiger partial charge on any atom is 0.407 e. The van der Waals surface area contributed by atoms with Crippen molar-refractivity contribution in [2.75, 3.05) is 13.2 Å². The van der Waals surface area contributed by atoms with Gasteiger partial charge in [0.2, 0.25) is 0 Å². The standard InChI is InChI=1S/C22H25NO4/c1-2-26-21(24)16-19-13-11-18(12-14-19)8-6-7-15-23-22(25)27-17-20-9-4-3-5-10-20/h3-6,8-14H,2,7,15-17H2,1H3,(H,23,25). The highest BCUT2D eigenvalue weighted by Gasteiger charge is 2.03. The number of amides is 1. The Morgan fingerprint density at radius 2 is 1.70 bits per heavy atom. The molecule has 5 nitrogen and oxygen atoms in total. The van der Waals surface area contributed by atoms with Gasteiger partial charge < -0.3 is 14.8 Å². The van der Waals surface area contributed by atoms with Gasteiger partial charge in [-0.3, -0.25) is 4.79 Å². The number of benzene rings is 2. The molecule has 0 aromatic heterocycles. The van der Waals surface area contributed by atoms with Crippen molar-refractivity contribution in [2.45, 2.75) is 26.4 Å². The number of carbonyl (C=O) groups is 2. The van der Waals surface area contributed by atoms with E-state index < -0.39 is 6.09 Å². The Balaban J connectivity index is 1.64. The van der Waals surface area contributed by atoms with Crippen LogP contribution in [0.15, 0.2) is 60.7 Å². The maximum absolute atomic E-state index is 11.6. The van der Waals surface area contributed by atoms with Gasteiger partial charge in [-0.25, -0.2) is 4.79 Å². The summed E-state index contributed by atoms with van der Waals surface area (Å²) in [6, 6.07) is 17.3. The van der Waals surface area contributed by atoms with E-state index in [1.165, 1.54) is 0 Å². The second-order valence-corrected chi connectivity index (χ2v) is 5.90. The molecule has 0 aliphatic heterocycles. The van der Waals surface area contributed by atoms with E-state index in [4.69, 9.17) is 9.47 Å². The molecule has 5 heteroatoms. The number of alkyl carbamates (subject to hydrolysis) is 1. The second kappa shape index (κ2) is 11.5. The molecule has 1 N–H and O–H groups in total. The number of rotatable bonds is 9. The minimum Gasteiger partial charge on any atom is -0.466 e. The fourth-order valence-electron chi connectivity index (χ4n) is 2.38. The Morgan fingerprint density at radius 3 is 2.41 bits per heavy atom. The lowest BCUT2D eigenvalue weighted by molar-refractivity contribution is -0.142. The van der Waals surface area contributed by atoms with E-state index in [9.17, 15) is 9.59 Å². The molecule has 0 unspecified atom stereocenters. The first kappa shape index (κ1) is 20.2. The molecule has 1 amide bonds. The van der Waals surface area contributed by atoms with Gasteiger partial charge >= 0.3 is 12.1 Å². The Hall–Kier alpha value is -3.08. The molecule has 0 saturated heterocycles. The van der Waals surface area contributed by atoms with Crippen LogP contribution in [0.4, 0.5) is 4.79 Å². The molecule has 0 fully saturated rings. The Morgan fingerprint density at radius 1 is 0.963 bits per heavy atom. The molecular weight excluding hydrogens is 342 g/mol. The van der Waals surface area contributed by atoms with E-state index in [-0.39, 0.29) is 19.0 Å². The number of esters is 1. The molecule has 0 saturated carbocycles. The van der Waals surface area contributed by atoms with Crippen LogP contribution in [0, 0.1) is 0 Å². The Bertz CT molecular complexity index is 739. The van der Waals surface area contributed by atoms with E-state index in [1.54, 1.807) is 6.92 Å². The van der Waals surface area contributed by atoms with Gasteiger partial charge in [0.05, 0.1) is 13.0 Å². The molecule has 2 aromatic rings. The lowest BCUT2D eigenvalue weighted by Crippen LogP contribution is -2.24. The first-order valence-electron chi connectivity index (χ1n) is 9.03. The van der Waals surface area contributed by atoms with Crippen molar-refractivity contribution >= 4 is 18.1 Å². The summed E-state index contributed by atoms with van der Waals surface area (Å²) in [4.78, 5) is 23.1. The number of carbonyl (C=O) groups excluding carboxylic acids is 2. The SMILES string of the molecule is CCOC(=O)Cc1ccc(C=CCCNC(=O)OCc2ccccc2)cc1. The van der Waals surface area contributed by atoms with Gasteiger partial charge in [-0.2, -0.15) is 0 Å². The van der Waals surface area contributed by atoms with Crippen molar-refractivity contribution in [1.29, 1.82) is 0 Å². The Kier molecular flexibility index (Phi) is 8.63. The summed E-state index contributed by atoms with van der Waals surface area (Å²) in [5, 5.41) is 2.72. The zero-order valence-corrected chi connectivity index (χ0v) is 15.5. The third kappa shape index (κ3) is 8.23. The molecule has 142 valence electrons. The van der Waals surface area contributed by atoms with Gasteiger partial charge in [-0.1, -0.05) is 66.7 Å². The normalized spacial score (nSPS) is 10.6. The highest BCUT2D eigenvalue weighted by molar-refractivity contribution is 5.72. The summed E-state index contributed by atoms with van der Waals surface area (Å²) in [7, 11) is 0. The quantitative estimate of drug-likeness (QED) is 0.535. The van der Waals surface area contributed by atoms with Crippen molar-refractivity contribution in [2.24, 2.45) is 0 Å². The average molecular weight is 367 g/mol. The highest BCUT2D eigenvalue weighted by Crippen LogP contribution is 2.08. The van der Waals surface area contributed by atoms with E-state index in [1.807, 2.05) is 66.7 Å². The largest absolute Gasteiger partial charge is 0.466 e. The smallest absolute Gasteiger partial charge is 0.407 e. The summed E-state index contributed by atoms with van der Waals surface area (Å²) < 4.78 is 10.1. The van der Waals surface area contributed by atoms with Crippen LogP contribution in [0.1, 0.15) is 30.0 Å². The summed E-state index contributed by atoms with van der Waals surface area (Å²) >= 11 is 0. The maximum atomic E-state index is 11.6. The minimum absolute atomic E-state index is 0.217. The monoisotopic (exact) mass is 367 g/mol. The van der Waals surface area contributed by atoms with Crippen LogP contribution in [0.3, 0.4) is 0 Å². The van der Waals surface area contributed by atoms with Crippen molar-refractivity contribution in [1.82, 2.24) is 5.32 Å². The number of nitrogens with one attached hydrogen (secondary N) is 1. The van der Waals surface area contributed by atoms with Crippen molar-refractivity contribution in [3.63, 3.8) is 0 Å². The number of hydrogen-bond acceptors (Lipinski definition) is 4. The van der Waals surface area contributed by atoms with Crippen LogP contribution >= 0.6 is 0 Å². The van der Waals surface area contributed by atoms with Gasteiger partial charge in [0, 0.05) is 6.54 Å². The predicted octanol–water partition coefficient (Wildman–Crippen LogP) is 4.12. The number of hydrogen-bond donors (Lipinski definition) is 1. The fraction of sp³-hybridized carbons (Fsp3) is 0.273. The molecular formula is C22H25NO4. The molecule has 27 heavy (non-hydrogen) atoms. The molecule has 0 atom stereocenters. The van der Waals surface area contributed by atoms with E-state index in [0.29, 0.717) is 19.6 Å². The first-order chi connectivity index (χ1) is 13.2. The van der Waals surface area contributed by atoms with Crippen molar-refractivity contribution < 1.29 is 19.1 Å². The highest BCUT2D eigenvalue weighted by atomic mass is 16.5. The fourth-order valence-corrected chi connectivity index (χ4v) is 2.38. The molecule has 0 bridgehead atoms. The summed E-state index contributed by atoms with van der Waals surface area (Å²) in [5.41, 5.74) is 2.92. The Labute approximate surface area is 160 Å². The zero-order chi connectivity index (χ0) is 19.3. The molecule has 0 heterocycles. The average Bonchev–Trinajstić information content (AvgIpc) is 2.68. The molecule has 0 spiro atoms. The van der Waals surface area contributed by atoms with Crippen LogP contribution in [-0.2, 0) is 27.3 Å². The van der Waals surface area contributed by atoms with Crippen molar-refractivity contribution in [3.8, 4) is 0 Å². The molecule has 0 aliphatic rings. The third-order valence-electron chi connectivity index (χ3n) is 3.74. The van der Waals surface area contributed by atoms with Crippen LogP contribution in [0.25, 0.3) is 6.08 Å². The van der Waals surface area contributed by atoms with E-state index in [0.717, 1.165) is 16.7 Å². The van der Waals surface area contributed by atoms with Crippen molar-refractivity contribution in [3.05, 3.63) is 77.4 Å². The first-order valence-corrected chi connectivity index (χ1v) is 9.03. The lowest BCUT2D eigenvalue weighted by atomic mass is 10.1. The van der Waals surface area contributed by atoms with Crippen LogP contribution in [0.5, 0.6) is 0 Å². The van der Waals surface area contributed by atoms with Gasteiger partial charge in [-0.05, 0) is 30.0 Å². The minimum atomic E-state index is -0.421. The molecule has 0 radical (unpaired) electrons. The van der Waals surface area contributed by atoms with Gasteiger partial charge in [-0.15, -0.1) is 0 Å². The zero-order valence-electron chi connectivity index (χ0n) is 15.5. The summed E-state index contributed by atoms with van der Waals surface area (Å²) in [6.45, 7) is 2.96. The number of ether oxygens (including phenoxy) is 2. The van der Waals surface area contributed by atoms with E-state index in [2.05, 4.69) is 5.32 Å². The van der Waals surface area contributed by atoms with Crippen LogP contribution in [0.2, 0.25) is 0 Å². The van der Waals surface area contributed by atoms with Crippen LogP contribution < -0.4 is 5.32 Å². The molecule has 0 aliphatic carbocycles. The van der Waals surface area contributed by atoms with Gasteiger partial charge in [0.1, 0.15) is 6.61 Å². The summed E-state index contributed by atoms with van der Waals surface area (Å²) in [6.07, 6.45) is 4.52. The van der Waals surface area contributed by atoms with Gasteiger partial charge in [0.25, 0.3) is 0 Å². The summed E-state index contributed by atoms with van der Waals surface area (Å²) in [5.74, 6) is -0.217. The topological polar surface area (TPSA) is 64.6 Å². The third-order valence-corrected chi connectivity index (χ3v) is 3.74. The molecule has 2 aromatic carbocycles. The lowest BCUT2D eigenvalue weighted by Gasteiger charge is -2.06. The van der Waals surface area contributed by atoms with E-state index >= 15 is 0 Å².